The molecule has 0 aliphatic heterocycles. The van der Waals surface area contributed by atoms with Gasteiger partial charge >= 0.3 is 0 Å². The molecule has 0 aliphatic carbocycles. The fraction of sp³-hybridized carbons (Fsp3) is 0.643. The van der Waals surface area contributed by atoms with Crippen LogP contribution in [0, 0.1) is 0 Å². The van der Waals surface area contributed by atoms with Crippen LogP contribution in [0.4, 0.5) is 5.82 Å². The summed E-state index contributed by atoms with van der Waals surface area (Å²) in [6.07, 6.45) is 1.81. The van der Waals surface area contributed by atoms with Gasteiger partial charge in [-0.2, -0.15) is 0 Å². The molecule has 1 aromatic rings. The first-order valence-electron chi connectivity index (χ1n) is 6.61. The normalized spacial score (nSPS) is 11.3. The average Bonchev–Trinajstić information content (AvgIpc) is 2.33. The molecular formula is C14H25N3O. The second-order valence-electron chi connectivity index (χ2n) is 5.03. The van der Waals surface area contributed by atoms with Crippen molar-refractivity contribution in [3.05, 3.63) is 23.9 Å². The molecule has 2 N–H and O–H groups in total. The Balaban J connectivity index is 2.91. The van der Waals surface area contributed by atoms with Crippen LogP contribution in [0.2, 0.25) is 0 Å². The number of nitrogens with one attached hydrogen (secondary N) is 1. The molecule has 1 rings (SSSR count). The van der Waals surface area contributed by atoms with Crippen molar-refractivity contribution < 1.29 is 5.11 Å². The summed E-state index contributed by atoms with van der Waals surface area (Å²) in [6, 6.07) is 4.82. The molecule has 0 fully saturated rings. The van der Waals surface area contributed by atoms with Crippen LogP contribution < -0.4 is 10.2 Å². The highest BCUT2D eigenvalue weighted by Gasteiger charge is 2.15. The van der Waals surface area contributed by atoms with E-state index in [0.29, 0.717) is 18.6 Å². The zero-order valence-corrected chi connectivity index (χ0v) is 11.8. The Labute approximate surface area is 110 Å². The molecule has 0 saturated carbocycles. The SMILES string of the molecule is CC(C)NCc1cccnc1N(CCO)C(C)C. The van der Waals surface area contributed by atoms with Gasteiger partial charge in [-0.25, -0.2) is 4.98 Å². The number of aliphatic hydroxyl groups excluding tert-OH is 1. The van der Waals surface area contributed by atoms with E-state index in [-0.39, 0.29) is 6.61 Å². The Hall–Kier alpha value is -1.13. The van der Waals surface area contributed by atoms with Gasteiger partial charge in [-0.3, -0.25) is 0 Å². The summed E-state index contributed by atoms with van der Waals surface area (Å²) in [5, 5.41) is 12.6. The van der Waals surface area contributed by atoms with Gasteiger partial charge in [-0.05, 0) is 19.9 Å². The lowest BCUT2D eigenvalue weighted by Crippen LogP contribution is -2.35. The molecule has 0 amide bonds. The summed E-state index contributed by atoms with van der Waals surface area (Å²) in [4.78, 5) is 6.61. The van der Waals surface area contributed by atoms with Crippen LogP contribution >= 0.6 is 0 Å². The van der Waals surface area contributed by atoms with Crippen LogP contribution in [-0.4, -0.2) is 35.3 Å². The monoisotopic (exact) mass is 251 g/mol. The van der Waals surface area contributed by atoms with E-state index in [9.17, 15) is 5.11 Å². The van der Waals surface area contributed by atoms with Crippen molar-refractivity contribution in [3.8, 4) is 0 Å². The molecule has 4 nitrogen and oxygen atoms in total. The van der Waals surface area contributed by atoms with Gasteiger partial charge in [-0.1, -0.05) is 19.9 Å². The average molecular weight is 251 g/mol. The van der Waals surface area contributed by atoms with Gasteiger partial charge in [0.05, 0.1) is 6.61 Å². The highest BCUT2D eigenvalue weighted by molar-refractivity contribution is 5.47. The Bertz CT molecular complexity index is 353. The van der Waals surface area contributed by atoms with Gasteiger partial charge in [0.1, 0.15) is 5.82 Å². The van der Waals surface area contributed by atoms with Crippen molar-refractivity contribution in [1.29, 1.82) is 0 Å². The summed E-state index contributed by atoms with van der Waals surface area (Å²) < 4.78 is 0. The smallest absolute Gasteiger partial charge is 0.133 e. The number of nitrogens with zero attached hydrogens (tertiary/aromatic N) is 2. The lowest BCUT2D eigenvalue weighted by molar-refractivity contribution is 0.298. The topological polar surface area (TPSA) is 48.4 Å². The van der Waals surface area contributed by atoms with E-state index in [1.54, 1.807) is 6.20 Å². The standard InChI is InChI=1S/C14H25N3O/c1-11(2)16-10-13-6-5-7-15-14(13)17(8-9-18)12(3)4/h5-7,11-12,16,18H,8-10H2,1-4H3. The molecular weight excluding hydrogens is 226 g/mol. The number of pyridine rings is 1. The Morgan fingerprint density at radius 3 is 2.61 bits per heavy atom. The van der Waals surface area contributed by atoms with E-state index in [1.165, 1.54) is 5.56 Å². The predicted octanol–water partition coefficient (Wildman–Crippen LogP) is 1.79. The molecule has 0 unspecified atom stereocenters. The quantitative estimate of drug-likeness (QED) is 0.775. The minimum Gasteiger partial charge on any atom is -0.395 e. The first-order valence-corrected chi connectivity index (χ1v) is 6.61. The fourth-order valence-corrected chi connectivity index (χ4v) is 1.86. The lowest BCUT2D eigenvalue weighted by atomic mass is 10.2. The highest BCUT2D eigenvalue weighted by atomic mass is 16.3. The van der Waals surface area contributed by atoms with Gasteiger partial charge in [0, 0.05) is 36.9 Å². The molecule has 1 heterocycles. The number of aliphatic hydroxyl groups is 1. The van der Waals surface area contributed by atoms with Crippen LogP contribution in [0.1, 0.15) is 33.3 Å². The molecule has 18 heavy (non-hydrogen) atoms. The maximum absolute atomic E-state index is 9.17. The molecule has 0 spiro atoms. The number of aromatic nitrogens is 1. The van der Waals surface area contributed by atoms with Crippen LogP contribution in [0.3, 0.4) is 0 Å². The second kappa shape index (κ2) is 7.34. The third kappa shape index (κ3) is 4.27. The predicted molar refractivity (Wildman–Crippen MR) is 75.8 cm³/mol. The second-order valence-corrected chi connectivity index (χ2v) is 5.03. The molecule has 102 valence electrons. The van der Waals surface area contributed by atoms with Crippen molar-refractivity contribution >= 4 is 5.82 Å². The molecule has 0 aromatic carbocycles. The van der Waals surface area contributed by atoms with Gasteiger partial charge in [0.25, 0.3) is 0 Å². The summed E-state index contributed by atoms with van der Waals surface area (Å²) >= 11 is 0. The van der Waals surface area contributed by atoms with Gasteiger partial charge in [0.15, 0.2) is 0 Å². The van der Waals surface area contributed by atoms with Crippen molar-refractivity contribution in [2.75, 3.05) is 18.1 Å². The van der Waals surface area contributed by atoms with Crippen LogP contribution in [-0.2, 0) is 6.54 Å². The molecule has 0 atom stereocenters. The summed E-state index contributed by atoms with van der Waals surface area (Å²) in [5.74, 6) is 0.967. The molecule has 0 aliphatic rings. The van der Waals surface area contributed by atoms with Crippen molar-refractivity contribution in [1.82, 2.24) is 10.3 Å². The molecule has 0 bridgehead atoms. The molecule has 0 radical (unpaired) electrons. The Kier molecular flexibility index (Phi) is 6.09. The minimum atomic E-state index is 0.145. The number of rotatable bonds is 7. The maximum Gasteiger partial charge on any atom is 0.133 e. The summed E-state index contributed by atoms with van der Waals surface area (Å²) in [5.41, 5.74) is 1.17. The van der Waals surface area contributed by atoms with Crippen LogP contribution in [0.5, 0.6) is 0 Å². The Morgan fingerprint density at radius 2 is 2.06 bits per heavy atom. The first-order chi connectivity index (χ1) is 8.56. The van der Waals surface area contributed by atoms with Crippen LogP contribution in [0.15, 0.2) is 18.3 Å². The van der Waals surface area contributed by atoms with E-state index in [1.807, 2.05) is 6.07 Å². The number of hydrogen-bond acceptors (Lipinski definition) is 4. The maximum atomic E-state index is 9.17. The highest BCUT2D eigenvalue weighted by Crippen LogP contribution is 2.19. The zero-order chi connectivity index (χ0) is 13.5. The molecule has 1 aromatic heterocycles. The van der Waals surface area contributed by atoms with E-state index in [0.717, 1.165) is 12.4 Å². The number of anilines is 1. The van der Waals surface area contributed by atoms with Crippen molar-refractivity contribution in [2.24, 2.45) is 0 Å². The zero-order valence-electron chi connectivity index (χ0n) is 11.8. The number of hydrogen-bond donors (Lipinski definition) is 2. The minimum absolute atomic E-state index is 0.145. The van der Waals surface area contributed by atoms with E-state index < -0.39 is 0 Å². The molecule has 0 saturated heterocycles. The van der Waals surface area contributed by atoms with Crippen molar-refractivity contribution in [3.63, 3.8) is 0 Å². The molecule has 4 heteroatoms. The van der Waals surface area contributed by atoms with E-state index in [2.05, 4.69) is 49.0 Å². The first kappa shape index (κ1) is 14.9. The Morgan fingerprint density at radius 1 is 1.33 bits per heavy atom. The summed E-state index contributed by atoms with van der Waals surface area (Å²) in [7, 11) is 0. The van der Waals surface area contributed by atoms with Gasteiger partial charge in [-0.15, -0.1) is 0 Å². The third-order valence-electron chi connectivity index (χ3n) is 2.80. The van der Waals surface area contributed by atoms with E-state index in [4.69, 9.17) is 0 Å². The van der Waals surface area contributed by atoms with E-state index >= 15 is 0 Å². The van der Waals surface area contributed by atoms with Gasteiger partial charge in [0.2, 0.25) is 0 Å². The largest absolute Gasteiger partial charge is 0.395 e. The van der Waals surface area contributed by atoms with Gasteiger partial charge < -0.3 is 15.3 Å². The lowest BCUT2D eigenvalue weighted by Gasteiger charge is -2.29. The summed E-state index contributed by atoms with van der Waals surface area (Å²) in [6.45, 7) is 10.0. The van der Waals surface area contributed by atoms with Crippen molar-refractivity contribution in [2.45, 2.75) is 46.3 Å². The fourth-order valence-electron chi connectivity index (χ4n) is 1.86. The van der Waals surface area contributed by atoms with Crippen LogP contribution in [0.25, 0.3) is 0 Å². The third-order valence-corrected chi connectivity index (χ3v) is 2.80.